The van der Waals surface area contributed by atoms with Crippen LogP contribution in [0.25, 0.3) is 22.4 Å². The lowest BCUT2D eigenvalue weighted by Crippen LogP contribution is -2.25. The molecule has 5 heteroatoms. The average molecular weight is 285 g/mol. The van der Waals surface area contributed by atoms with E-state index in [4.69, 9.17) is 4.52 Å². The molecule has 0 aliphatic heterocycles. The summed E-state index contributed by atoms with van der Waals surface area (Å²) in [6.07, 6.45) is 3.78. The van der Waals surface area contributed by atoms with E-state index in [0.717, 1.165) is 5.56 Å². The molecule has 4 nitrogen and oxygen atoms in total. The summed E-state index contributed by atoms with van der Waals surface area (Å²) in [6, 6.07) is 9.61. The second kappa shape index (κ2) is 5.01. The van der Waals surface area contributed by atoms with E-state index in [9.17, 15) is 9.18 Å². The lowest BCUT2D eigenvalue weighted by molar-refractivity contribution is -0.671. The van der Waals surface area contributed by atoms with Crippen molar-refractivity contribution in [2.45, 2.75) is 0 Å². The van der Waals surface area contributed by atoms with E-state index in [1.165, 1.54) is 16.9 Å². The van der Waals surface area contributed by atoms with E-state index in [0.29, 0.717) is 16.8 Å². The molecule has 3 aromatic rings. The Hall–Kier alpha value is -2.69. The van der Waals surface area contributed by atoms with Gasteiger partial charge in [-0.05, 0) is 17.7 Å². The molecule has 0 aliphatic carbocycles. The van der Waals surface area contributed by atoms with Gasteiger partial charge in [0.05, 0.1) is 11.3 Å². The van der Waals surface area contributed by atoms with Gasteiger partial charge in [-0.3, -0.25) is 0 Å². The van der Waals surface area contributed by atoms with Gasteiger partial charge >= 0.3 is 5.63 Å². The van der Waals surface area contributed by atoms with E-state index in [1.54, 1.807) is 19.2 Å². The van der Waals surface area contributed by atoms with E-state index >= 15 is 0 Å². The number of nitrogens with zero attached hydrogens (tertiary/aromatic N) is 2. The van der Waals surface area contributed by atoms with Crippen LogP contribution in [0.2, 0.25) is 0 Å². The molecule has 0 fully saturated rings. The molecular formula is C16H14FN2O2+. The van der Waals surface area contributed by atoms with Gasteiger partial charge in [-0.1, -0.05) is 12.1 Å². The third-order valence-electron chi connectivity index (χ3n) is 3.36. The highest BCUT2D eigenvalue weighted by molar-refractivity contribution is 5.79. The number of hydrogen-bond acceptors (Lipinski definition) is 2. The average Bonchev–Trinajstić information content (AvgIpc) is 2.75. The van der Waals surface area contributed by atoms with E-state index in [1.807, 2.05) is 36.1 Å². The van der Waals surface area contributed by atoms with Gasteiger partial charge in [0.2, 0.25) is 0 Å². The predicted molar refractivity (Wildman–Crippen MR) is 76.0 cm³/mol. The third kappa shape index (κ3) is 2.38. The van der Waals surface area contributed by atoms with Crippen molar-refractivity contribution in [1.29, 1.82) is 0 Å². The number of halogens is 1. The Morgan fingerprint density at radius 3 is 2.29 bits per heavy atom. The van der Waals surface area contributed by atoms with Gasteiger partial charge in [0.15, 0.2) is 12.4 Å². The minimum atomic E-state index is -0.438. The molecule has 2 heterocycles. The molecule has 0 N–H and O–H groups in total. The molecule has 0 unspecified atom stereocenters. The summed E-state index contributed by atoms with van der Waals surface area (Å²) in [4.78, 5) is 12.1. The molecule has 0 atom stereocenters. The van der Waals surface area contributed by atoms with Crippen LogP contribution in [0.1, 0.15) is 0 Å². The summed E-state index contributed by atoms with van der Waals surface area (Å²) in [5.41, 5.74) is 2.17. The predicted octanol–water partition coefficient (Wildman–Crippen LogP) is 2.28. The lowest BCUT2D eigenvalue weighted by Gasteiger charge is -2.04. The topological polar surface area (TPSA) is 39.0 Å². The molecular weight excluding hydrogens is 271 g/mol. The van der Waals surface area contributed by atoms with Crippen molar-refractivity contribution in [2.24, 2.45) is 14.1 Å². The molecule has 21 heavy (non-hydrogen) atoms. The molecule has 0 saturated carbocycles. The van der Waals surface area contributed by atoms with Crippen LogP contribution < -0.4 is 10.2 Å². The van der Waals surface area contributed by atoms with Crippen molar-refractivity contribution in [3.05, 3.63) is 65.0 Å². The Kier molecular flexibility index (Phi) is 3.17. The van der Waals surface area contributed by atoms with Gasteiger partial charge in [0, 0.05) is 24.7 Å². The van der Waals surface area contributed by atoms with Crippen LogP contribution in [-0.4, -0.2) is 4.74 Å². The van der Waals surface area contributed by atoms with Crippen molar-refractivity contribution >= 4 is 0 Å². The highest BCUT2D eigenvalue weighted by atomic mass is 19.1. The Morgan fingerprint density at radius 2 is 1.67 bits per heavy atom. The van der Waals surface area contributed by atoms with E-state index < -0.39 is 5.63 Å². The highest BCUT2D eigenvalue weighted by Gasteiger charge is 2.19. The van der Waals surface area contributed by atoms with Crippen LogP contribution in [0.5, 0.6) is 0 Å². The number of aryl methyl sites for hydroxylation is 2. The summed E-state index contributed by atoms with van der Waals surface area (Å²) >= 11 is 0. The van der Waals surface area contributed by atoms with Gasteiger partial charge in [-0.25, -0.2) is 18.5 Å². The Bertz CT molecular complexity index is 830. The summed E-state index contributed by atoms with van der Waals surface area (Å²) in [7, 11) is 3.59. The van der Waals surface area contributed by atoms with Crippen LogP contribution in [-0.2, 0) is 14.1 Å². The van der Waals surface area contributed by atoms with Crippen molar-refractivity contribution in [1.82, 2.24) is 4.74 Å². The summed E-state index contributed by atoms with van der Waals surface area (Å²) < 4.78 is 21.6. The first-order chi connectivity index (χ1) is 10.1. The van der Waals surface area contributed by atoms with E-state index in [-0.39, 0.29) is 5.82 Å². The van der Waals surface area contributed by atoms with Gasteiger partial charge in [0.1, 0.15) is 12.9 Å². The molecule has 0 saturated heterocycles. The molecule has 0 bridgehead atoms. The molecule has 0 radical (unpaired) electrons. The minimum Gasteiger partial charge on any atom is -0.335 e. The molecule has 1 aromatic carbocycles. The molecule has 106 valence electrons. The Balaban J connectivity index is 2.24. The second-order valence-corrected chi connectivity index (χ2v) is 4.86. The maximum atomic E-state index is 13.1. The first-order valence-corrected chi connectivity index (χ1v) is 6.48. The van der Waals surface area contributed by atoms with Crippen molar-refractivity contribution in [2.75, 3.05) is 0 Å². The minimum absolute atomic E-state index is 0.340. The summed E-state index contributed by atoms with van der Waals surface area (Å²) in [6.45, 7) is 0. The van der Waals surface area contributed by atoms with Crippen LogP contribution >= 0.6 is 0 Å². The SMILES string of the molecule is Cn1oc(=O)c(-c2ccc(F)cc2)c1-c1cc[n+](C)cc1. The maximum absolute atomic E-state index is 13.1. The zero-order valence-electron chi connectivity index (χ0n) is 11.7. The zero-order chi connectivity index (χ0) is 15.0. The fraction of sp³-hybridized carbons (Fsp3) is 0.125. The zero-order valence-corrected chi connectivity index (χ0v) is 11.7. The number of hydrogen-bond donors (Lipinski definition) is 0. The summed E-state index contributed by atoms with van der Waals surface area (Å²) in [5, 5.41) is 0. The van der Waals surface area contributed by atoms with Gasteiger partial charge < -0.3 is 4.52 Å². The summed E-state index contributed by atoms with van der Waals surface area (Å²) in [5.74, 6) is -0.340. The Labute approximate surface area is 120 Å². The molecule has 2 aromatic heterocycles. The number of aromatic nitrogens is 2. The van der Waals surface area contributed by atoms with Crippen LogP contribution in [0, 0.1) is 5.82 Å². The molecule has 0 aliphatic rings. The molecule has 0 amide bonds. The number of rotatable bonds is 2. The monoisotopic (exact) mass is 285 g/mol. The first kappa shape index (κ1) is 13.3. The standard InChI is InChI=1S/C16H14FN2O2/c1-18-9-7-12(8-10-18)15-14(16(20)21-19(15)2)11-3-5-13(17)6-4-11/h3-10H,1-2H3/q+1. The number of pyridine rings is 1. The largest absolute Gasteiger partial charge is 0.365 e. The van der Waals surface area contributed by atoms with Crippen molar-refractivity contribution < 1.29 is 13.5 Å². The van der Waals surface area contributed by atoms with Crippen molar-refractivity contribution in [3.63, 3.8) is 0 Å². The fourth-order valence-electron chi connectivity index (χ4n) is 2.33. The van der Waals surface area contributed by atoms with Gasteiger partial charge in [-0.2, -0.15) is 0 Å². The lowest BCUT2D eigenvalue weighted by atomic mass is 10.0. The quantitative estimate of drug-likeness (QED) is 0.678. The first-order valence-electron chi connectivity index (χ1n) is 6.48. The fourth-order valence-corrected chi connectivity index (χ4v) is 2.33. The molecule has 3 rings (SSSR count). The Morgan fingerprint density at radius 1 is 1.05 bits per heavy atom. The third-order valence-corrected chi connectivity index (χ3v) is 3.36. The van der Waals surface area contributed by atoms with Crippen LogP contribution in [0.4, 0.5) is 4.39 Å². The normalized spacial score (nSPS) is 10.8. The number of benzene rings is 1. The van der Waals surface area contributed by atoms with Gasteiger partial charge in [-0.15, -0.1) is 0 Å². The van der Waals surface area contributed by atoms with E-state index in [2.05, 4.69) is 0 Å². The highest BCUT2D eigenvalue weighted by Crippen LogP contribution is 2.29. The smallest absolute Gasteiger partial charge is 0.335 e. The van der Waals surface area contributed by atoms with Crippen LogP contribution in [0.15, 0.2) is 58.1 Å². The molecule has 0 spiro atoms. The maximum Gasteiger partial charge on any atom is 0.365 e. The van der Waals surface area contributed by atoms with Crippen molar-refractivity contribution in [3.8, 4) is 22.4 Å². The second-order valence-electron chi connectivity index (χ2n) is 4.86. The van der Waals surface area contributed by atoms with Gasteiger partial charge in [0.25, 0.3) is 0 Å². The van der Waals surface area contributed by atoms with Crippen LogP contribution in [0.3, 0.4) is 0 Å².